The Morgan fingerprint density at radius 3 is 2.48 bits per heavy atom. The van der Waals surface area contributed by atoms with Crippen LogP contribution in [0.5, 0.6) is 5.75 Å². The summed E-state index contributed by atoms with van der Waals surface area (Å²) in [6.07, 6.45) is 2.03. The van der Waals surface area contributed by atoms with Gasteiger partial charge in [0.15, 0.2) is 0 Å². The summed E-state index contributed by atoms with van der Waals surface area (Å²) in [5.74, 6) is 1.36. The summed E-state index contributed by atoms with van der Waals surface area (Å²) in [7, 11) is 1.61. The van der Waals surface area contributed by atoms with Gasteiger partial charge in [-0.25, -0.2) is 4.68 Å². The van der Waals surface area contributed by atoms with Crippen molar-refractivity contribution in [3.05, 3.63) is 46.8 Å². The third-order valence-corrected chi connectivity index (χ3v) is 4.67. The third kappa shape index (κ3) is 4.07. The molecule has 6 nitrogen and oxygen atoms in total. The second-order valence-electron chi connectivity index (χ2n) is 6.51. The molecular formula is C19H23N3O3. The van der Waals surface area contributed by atoms with E-state index in [0.29, 0.717) is 11.6 Å². The molecule has 0 N–H and O–H groups in total. The Hall–Kier alpha value is -2.63. The molecule has 6 heteroatoms. The summed E-state index contributed by atoms with van der Waals surface area (Å²) >= 11 is 0. The largest absolute Gasteiger partial charge is 0.497 e. The van der Waals surface area contributed by atoms with Crippen molar-refractivity contribution in [3.8, 4) is 17.0 Å². The van der Waals surface area contributed by atoms with Crippen LogP contribution in [0, 0.1) is 5.92 Å². The minimum atomic E-state index is -0.268. The van der Waals surface area contributed by atoms with Crippen molar-refractivity contribution in [2.45, 2.75) is 26.3 Å². The second kappa shape index (κ2) is 7.51. The SMILES string of the molecule is COc1ccc(-c2ccc(=O)n(CC(=O)N3CCC(C)CC3)n2)cc1. The first-order chi connectivity index (χ1) is 12.1. The molecule has 1 aliphatic rings. The zero-order chi connectivity index (χ0) is 17.8. The van der Waals surface area contributed by atoms with Gasteiger partial charge in [-0.3, -0.25) is 9.59 Å². The van der Waals surface area contributed by atoms with E-state index in [2.05, 4.69) is 12.0 Å². The molecule has 1 aromatic carbocycles. The van der Waals surface area contributed by atoms with E-state index in [1.165, 1.54) is 10.7 Å². The quantitative estimate of drug-likeness (QED) is 0.855. The highest BCUT2D eigenvalue weighted by molar-refractivity contribution is 5.76. The summed E-state index contributed by atoms with van der Waals surface area (Å²) in [6, 6.07) is 10.6. The number of hydrogen-bond donors (Lipinski definition) is 0. The predicted octanol–water partition coefficient (Wildman–Crippen LogP) is 2.18. The van der Waals surface area contributed by atoms with Crippen LogP contribution in [0.3, 0.4) is 0 Å². The number of amides is 1. The fourth-order valence-electron chi connectivity index (χ4n) is 2.96. The number of hydrogen-bond acceptors (Lipinski definition) is 4. The molecule has 3 rings (SSSR count). The number of piperidine rings is 1. The number of methoxy groups -OCH3 is 1. The fourth-order valence-corrected chi connectivity index (χ4v) is 2.96. The van der Waals surface area contributed by atoms with Crippen LogP contribution in [0.4, 0.5) is 0 Å². The summed E-state index contributed by atoms with van der Waals surface area (Å²) in [5.41, 5.74) is 1.26. The molecule has 0 atom stereocenters. The molecular weight excluding hydrogens is 318 g/mol. The van der Waals surface area contributed by atoms with Crippen molar-refractivity contribution >= 4 is 5.91 Å². The van der Waals surface area contributed by atoms with Gasteiger partial charge in [0, 0.05) is 24.7 Å². The van der Waals surface area contributed by atoms with Crippen molar-refractivity contribution in [2.24, 2.45) is 5.92 Å². The maximum atomic E-state index is 12.5. The van der Waals surface area contributed by atoms with Crippen LogP contribution < -0.4 is 10.3 Å². The summed E-state index contributed by atoms with van der Waals surface area (Å²) in [6.45, 7) is 3.70. The summed E-state index contributed by atoms with van der Waals surface area (Å²) in [4.78, 5) is 26.4. The second-order valence-corrected chi connectivity index (χ2v) is 6.51. The van der Waals surface area contributed by atoms with Crippen molar-refractivity contribution in [2.75, 3.05) is 20.2 Å². The Morgan fingerprint density at radius 2 is 1.84 bits per heavy atom. The van der Waals surface area contributed by atoms with Crippen molar-refractivity contribution in [1.29, 1.82) is 0 Å². The molecule has 0 unspecified atom stereocenters. The number of nitrogens with zero attached hydrogens (tertiary/aromatic N) is 3. The lowest BCUT2D eigenvalue weighted by molar-refractivity contribution is -0.133. The minimum absolute atomic E-state index is 0.0167. The Morgan fingerprint density at radius 1 is 1.16 bits per heavy atom. The van der Waals surface area contributed by atoms with Gasteiger partial charge in [0.2, 0.25) is 5.91 Å². The Balaban J connectivity index is 1.77. The van der Waals surface area contributed by atoms with E-state index in [9.17, 15) is 9.59 Å². The van der Waals surface area contributed by atoms with Gasteiger partial charge >= 0.3 is 0 Å². The van der Waals surface area contributed by atoms with E-state index in [1.807, 2.05) is 29.2 Å². The maximum absolute atomic E-state index is 12.5. The molecule has 0 saturated carbocycles. The third-order valence-electron chi connectivity index (χ3n) is 4.67. The molecule has 1 saturated heterocycles. The zero-order valence-electron chi connectivity index (χ0n) is 14.6. The smallest absolute Gasteiger partial charge is 0.267 e. The fraction of sp³-hybridized carbons (Fsp3) is 0.421. The molecule has 132 valence electrons. The summed E-state index contributed by atoms with van der Waals surface area (Å²) in [5, 5.41) is 4.36. The van der Waals surface area contributed by atoms with Gasteiger partial charge < -0.3 is 9.64 Å². The molecule has 1 fully saturated rings. The first kappa shape index (κ1) is 17.2. The zero-order valence-corrected chi connectivity index (χ0v) is 14.6. The van der Waals surface area contributed by atoms with Gasteiger partial charge in [0.05, 0.1) is 12.8 Å². The minimum Gasteiger partial charge on any atom is -0.497 e. The Bertz CT molecular complexity index is 790. The van der Waals surface area contributed by atoms with Gasteiger partial charge in [-0.15, -0.1) is 0 Å². The molecule has 1 amide bonds. The van der Waals surface area contributed by atoms with Crippen LogP contribution in [0.15, 0.2) is 41.2 Å². The van der Waals surface area contributed by atoms with Crippen LogP contribution in [0.2, 0.25) is 0 Å². The number of ether oxygens (including phenoxy) is 1. The van der Waals surface area contributed by atoms with E-state index < -0.39 is 0 Å². The predicted molar refractivity (Wildman–Crippen MR) is 95.5 cm³/mol. The number of rotatable bonds is 4. The van der Waals surface area contributed by atoms with Gasteiger partial charge in [-0.2, -0.15) is 5.10 Å². The number of likely N-dealkylation sites (tertiary alicyclic amines) is 1. The van der Waals surface area contributed by atoms with Crippen LogP contribution >= 0.6 is 0 Å². The average Bonchev–Trinajstić information content (AvgIpc) is 2.64. The van der Waals surface area contributed by atoms with Crippen molar-refractivity contribution in [1.82, 2.24) is 14.7 Å². The van der Waals surface area contributed by atoms with E-state index >= 15 is 0 Å². The molecule has 1 aliphatic heterocycles. The average molecular weight is 341 g/mol. The lowest BCUT2D eigenvalue weighted by Gasteiger charge is -2.30. The number of carbonyl (C=O) groups excluding carboxylic acids is 1. The topological polar surface area (TPSA) is 64.4 Å². The molecule has 1 aromatic heterocycles. The highest BCUT2D eigenvalue weighted by atomic mass is 16.5. The van der Waals surface area contributed by atoms with Crippen molar-refractivity contribution < 1.29 is 9.53 Å². The van der Waals surface area contributed by atoms with Gasteiger partial charge in [0.25, 0.3) is 5.56 Å². The van der Waals surface area contributed by atoms with Gasteiger partial charge in [-0.05, 0) is 49.1 Å². The van der Waals surface area contributed by atoms with Crippen LogP contribution in [-0.2, 0) is 11.3 Å². The lowest BCUT2D eigenvalue weighted by atomic mass is 9.99. The maximum Gasteiger partial charge on any atom is 0.267 e. The number of aromatic nitrogens is 2. The number of carbonyl (C=O) groups is 1. The van der Waals surface area contributed by atoms with Crippen LogP contribution in [0.25, 0.3) is 11.3 Å². The Kier molecular flexibility index (Phi) is 5.16. The molecule has 2 aromatic rings. The molecule has 0 bridgehead atoms. The van der Waals surface area contributed by atoms with Gasteiger partial charge in [0.1, 0.15) is 12.3 Å². The first-order valence-electron chi connectivity index (χ1n) is 8.57. The van der Waals surface area contributed by atoms with Gasteiger partial charge in [-0.1, -0.05) is 6.92 Å². The summed E-state index contributed by atoms with van der Waals surface area (Å²) < 4.78 is 6.40. The lowest BCUT2D eigenvalue weighted by Crippen LogP contribution is -2.41. The molecule has 0 radical (unpaired) electrons. The molecule has 0 spiro atoms. The molecule has 2 heterocycles. The van der Waals surface area contributed by atoms with Crippen LogP contribution in [0.1, 0.15) is 19.8 Å². The Labute approximate surface area is 147 Å². The highest BCUT2D eigenvalue weighted by Crippen LogP contribution is 2.20. The number of benzene rings is 1. The standard InChI is InChI=1S/C19H23N3O3/c1-14-9-11-21(12-10-14)19(24)13-22-18(23)8-7-17(20-22)15-3-5-16(25-2)6-4-15/h3-8,14H,9-13H2,1-2H3. The van der Waals surface area contributed by atoms with Crippen LogP contribution in [-0.4, -0.2) is 40.8 Å². The monoisotopic (exact) mass is 341 g/mol. The van der Waals surface area contributed by atoms with E-state index in [-0.39, 0.29) is 18.0 Å². The van der Waals surface area contributed by atoms with E-state index in [1.54, 1.807) is 13.2 Å². The molecule has 25 heavy (non-hydrogen) atoms. The van der Waals surface area contributed by atoms with E-state index in [4.69, 9.17) is 4.74 Å². The van der Waals surface area contributed by atoms with Crippen molar-refractivity contribution in [3.63, 3.8) is 0 Å². The molecule has 0 aliphatic carbocycles. The first-order valence-corrected chi connectivity index (χ1v) is 8.57. The highest BCUT2D eigenvalue weighted by Gasteiger charge is 2.21. The van der Waals surface area contributed by atoms with E-state index in [0.717, 1.165) is 37.2 Å². The normalized spacial score (nSPS) is 15.2.